The molecule has 0 aliphatic heterocycles. The number of aromatic nitrogens is 2. The van der Waals surface area contributed by atoms with E-state index in [1.165, 1.54) is 24.1 Å². The molecule has 0 fully saturated rings. The lowest BCUT2D eigenvalue weighted by Crippen LogP contribution is -2.12. The number of nitro groups is 1. The van der Waals surface area contributed by atoms with Crippen molar-refractivity contribution in [3.05, 3.63) is 51.7 Å². The van der Waals surface area contributed by atoms with Crippen LogP contribution in [0.4, 0.5) is 5.82 Å². The van der Waals surface area contributed by atoms with Gasteiger partial charge in [0.2, 0.25) is 0 Å². The van der Waals surface area contributed by atoms with Crippen LogP contribution in [0.2, 0.25) is 0 Å². The standard InChI is InChI=1S/C13H13N3O4/c1-9-3-4-10(12(7-9)20-2)11(17)8-15-6-5-13(14-15)16(18)19/h3-7H,8H2,1-2H3. The lowest BCUT2D eigenvalue weighted by atomic mass is 10.1. The number of hydrogen-bond acceptors (Lipinski definition) is 5. The van der Waals surface area contributed by atoms with Crippen LogP contribution in [0.15, 0.2) is 30.5 Å². The van der Waals surface area contributed by atoms with Gasteiger partial charge in [0.25, 0.3) is 0 Å². The molecular formula is C13H13N3O4. The Morgan fingerprint density at radius 3 is 2.80 bits per heavy atom. The summed E-state index contributed by atoms with van der Waals surface area (Å²) in [5, 5.41) is 14.2. The summed E-state index contributed by atoms with van der Waals surface area (Å²) in [6.45, 7) is 1.82. The Bertz CT molecular complexity index is 663. The van der Waals surface area contributed by atoms with Gasteiger partial charge < -0.3 is 14.9 Å². The molecule has 0 unspecified atom stereocenters. The van der Waals surface area contributed by atoms with E-state index in [2.05, 4.69) is 5.10 Å². The Hall–Kier alpha value is -2.70. The van der Waals surface area contributed by atoms with Gasteiger partial charge in [0.1, 0.15) is 12.3 Å². The summed E-state index contributed by atoms with van der Waals surface area (Å²) in [4.78, 5) is 22.1. The van der Waals surface area contributed by atoms with Crippen molar-refractivity contribution < 1.29 is 14.5 Å². The number of rotatable bonds is 5. The van der Waals surface area contributed by atoms with Crippen LogP contribution in [-0.4, -0.2) is 27.6 Å². The summed E-state index contributed by atoms with van der Waals surface area (Å²) in [5.41, 5.74) is 1.41. The van der Waals surface area contributed by atoms with Gasteiger partial charge in [-0.25, -0.2) is 0 Å². The molecule has 0 saturated heterocycles. The first kappa shape index (κ1) is 13.7. The summed E-state index contributed by atoms with van der Waals surface area (Å²) < 4.78 is 6.41. The summed E-state index contributed by atoms with van der Waals surface area (Å²) >= 11 is 0. The van der Waals surface area contributed by atoms with Gasteiger partial charge in [-0.3, -0.25) is 4.79 Å². The molecule has 20 heavy (non-hydrogen) atoms. The topological polar surface area (TPSA) is 87.3 Å². The second-order valence-electron chi connectivity index (χ2n) is 4.26. The number of benzene rings is 1. The van der Waals surface area contributed by atoms with Crippen molar-refractivity contribution >= 4 is 11.6 Å². The van der Waals surface area contributed by atoms with Crippen LogP contribution < -0.4 is 4.74 Å². The minimum atomic E-state index is -0.604. The molecule has 2 rings (SSSR count). The average molecular weight is 275 g/mol. The molecule has 0 spiro atoms. The lowest BCUT2D eigenvalue weighted by Gasteiger charge is -2.07. The van der Waals surface area contributed by atoms with Crippen molar-refractivity contribution in [2.75, 3.05) is 7.11 Å². The van der Waals surface area contributed by atoms with Crippen molar-refractivity contribution in [1.29, 1.82) is 0 Å². The van der Waals surface area contributed by atoms with E-state index in [9.17, 15) is 14.9 Å². The summed E-state index contributed by atoms with van der Waals surface area (Å²) in [6.07, 6.45) is 1.40. The van der Waals surface area contributed by atoms with Crippen LogP contribution in [0.25, 0.3) is 0 Å². The van der Waals surface area contributed by atoms with Crippen LogP contribution >= 0.6 is 0 Å². The minimum absolute atomic E-state index is 0.0761. The Morgan fingerprint density at radius 1 is 1.45 bits per heavy atom. The van der Waals surface area contributed by atoms with Gasteiger partial charge in [0.05, 0.1) is 30.0 Å². The Labute approximate surface area is 114 Å². The number of hydrogen-bond donors (Lipinski definition) is 0. The van der Waals surface area contributed by atoms with Crippen LogP contribution in [0.5, 0.6) is 5.75 Å². The molecule has 1 aromatic heterocycles. The molecular weight excluding hydrogens is 262 g/mol. The number of carbonyl (C=O) groups is 1. The Morgan fingerprint density at radius 2 is 2.20 bits per heavy atom. The van der Waals surface area contributed by atoms with E-state index in [1.807, 2.05) is 6.92 Å². The largest absolute Gasteiger partial charge is 0.496 e. The Balaban J connectivity index is 2.21. The van der Waals surface area contributed by atoms with Crippen molar-refractivity contribution in [3.63, 3.8) is 0 Å². The van der Waals surface area contributed by atoms with E-state index >= 15 is 0 Å². The summed E-state index contributed by atoms with van der Waals surface area (Å²) in [6, 6.07) is 6.49. The van der Waals surface area contributed by atoms with Gasteiger partial charge in [-0.05, 0) is 29.5 Å². The predicted molar refractivity (Wildman–Crippen MR) is 70.9 cm³/mol. The first-order chi connectivity index (χ1) is 9.51. The fourth-order valence-electron chi connectivity index (χ4n) is 1.80. The highest BCUT2D eigenvalue weighted by molar-refractivity contribution is 5.98. The summed E-state index contributed by atoms with van der Waals surface area (Å²) in [7, 11) is 1.49. The second-order valence-corrected chi connectivity index (χ2v) is 4.26. The van der Waals surface area contributed by atoms with Crippen molar-refractivity contribution in [1.82, 2.24) is 9.78 Å². The highest BCUT2D eigenvalue weighted by Gasteiger charge is 2.17. The SMILES string of the molecule is COc1cc(C)ccc1C(=O)Cn1ccc([N+](=O)[O-])n1. The van der Waals surface area contributed by atoms with Crippen molar-refractivity contribution in [2.45, 2.75) is 13.5 Å². The first-order valence-electron chi connectivity index (χ1n) is 5.87. The lowest BCUT2D eigenvalue weighted by molar-refractivity contribution is -0.389. The zero-order valence-corrected chi connectivity index (χ0v) is 11.1. The number of methoxy groups -OCH3 is 1. The molecule has 2 aromatic rings. The molecule has 104 valence electrons. The molecule has 0 bridgehead atoms. The van der Waals surface area contributed by atoms with Gasteiger partial charge in [-0.1, -0.05) is 6.07 Å². The molecule has 1 aromatic carbocycles. The quantitative estimate of drug-likeness (QED) is 0.473. The molecule has 0 aliphatic rings. The van der Waals surface area contributed by atoms with Crippen LogP contribution in [0.3, 0.4) is 0 Å². The molecule has 7 nitrogen and oxygen atoms in total. The third-order valence-electron chi connectivity index (χ3n) is 2.78. The van der Waals surface area contributed by atoms with Crippen LogP contribution in [0.1, 0.15) is 15.9 Å². The molecule has 7 heteroatoms. The fraction of sp³-hybridized carbons (Fsp3) is 0.231. The molecule has 0 saturated carbocycles. The minimum Gasteiger partial charge on any atom is -0.496 e. The summed E-state index contributed by atoms with van der Waals surface area (Å²) in [5.74, 6) is -0.0230. The molecule has 0 radical (unpaired) electrons. The molecule has 1 heterocycles. The molecule has 0 N–H and O–H groups in total. The normalized spacial score (nSPS) is 10.3. The zero-order valence-electron chi connectivity index (χ0n) is 11.1. The van der Waals surface area contributed by atoms with Gasteiger partial charge in [0, 0.05) is 0 Å². The number of carbonyl (C=O) groups excluding carboxylic acids is 1. The molecule has 0 aliphatic carbocycles. The van der Waals surface area contributed by atoms with E-state index in [1.54, 1.807) is 18.2 Å². The average Bonchev–Trinajstić information content (AvgIpc) is 2.87. The van der Waals surface area contributed by atoms with Crippen molar-refractivity contribution in [2.24, 2.45) is 0 Å². The first-order valence-corrected chi connectivity index (χ1v) is 5.87. The number of ether oxygens (including phenoxy) is 1. The third kappa shape index (κ3) is 2.82. The van der Waals surface area contributed by atoms with Gasteiger partial charge in [-0.2, -0.15) is 4.68 Å². The van der Waals surface area contributed by atoms with E-state index in [4.69, 9.17) is 4.74 Å². The maximum Gasteiger partial charge on any atom is 0.389 e. The molecule has 0 amide bonds. The smallest absolute Gasteiger partial charge is 0.389 e. The molecule has 0 atom stereocenters. The van der Waals surface area contributed by atoms with Gasteiger partial charge in [0.15, 0.2) is 5.78 Å². The number of aryl methyl sites for hydroxylation is 1. The fourth-order valence-corrected chi connectivity index (χ4v) is 1.80. The highest BCUT2D eigenvalue weighted by Crippen LogP contribution is 2.21. The number of ketones is 1. The third-order valence-corrected chi connectivity index (χ3v) is 2.78. The zero-order chi connectivity index (χ0) is 14.7. The number of nitrogens with zero attached hydrogens (tertiary/aromatic N) is 3. The van der Waals surface area contributed by atoms with Crippen LogP contribution in [0, 0.1) is 17.0 Å². The predicted octanol–water partition coefficient (Wildman–Crippen LogP) is 1.99. The van der Waals surface area contributed by atoms with E-state index in [0.717, 1.165) is 5.56 Å². The Kier molecular flexibility index (Phi) is 3.79. The monoisotopic (exact) mass is 275 g/mol. The number of Topliss-reactive ketones (excluding diaryl/α,β-unsaturated/α-hetero) is 1. The van der Waals surface area contributed by atoms with Crippen LogP contribution in [-0.2, 0) is 6.54 Å². The van der Waals surface area contributed by atoms with Crippen molar-refractivity contribution in [3.8, 4) is 5.75 Å². The van der Waals surface area contributed by atoms with E-state index in [0.29, 0.717) is 11.3 Å². The van der Waals surface area contributed by atoms with Gasteiger partial charge >= 0.3 is 5.82 Å². The maximum absolute atomic E-state index is 12.2. The maximum atomic E-state index is 12.2. The van der Waals surface area contributed by atoms with Gasteiger partial charge in [-0.15, -0.1) is 0 Å². The van der Waals surface area contributed by atoms with E-state index < -0.39 is 4.92 Å². The second kappa shape index (κ2) is 5.52. The highest BCUT2D eigenvalue weighted by atomic mass is 16.6. The van der Waals surface area contributed by atoms with E-state index in [-0.39, 0.29) is 18.1 Å².